The van der Waals surface area contributed by atoms with Gasteiger partial charge in [-0.05, 0) is 12.0 Å². The minimum absolute atomic E-state index is 0.0198. The molecule has 1 heterocycles. The molecular formula is C14H15NO4. The zero-order valence-corrected chi connectivity index (χ0v) is 10.4. The van der Waals surface area contributed by atoms with E-state index in [9.17, 15) is 14.4 Å². The predicted molar refractivity (Wildman–Crippen MR) is 66.7 cm³/mol. The molecule has 0 aromatic heterocycles. The van der Waals surface area contributed by atoms with Crippen molar-refractivity contribution < 1.29 is 19.1 Å². The number of piperidine rings is 1. The van der Waals surface area contributed by atoms with Crippen LogP contribution in [0.1, 0.15) is 24.8 Å². The molecule has 100 valence electrons. The lowest BCUT2D eigenvalue weighted by Crippen LogP contribution is -2.41. The Labute approximate surface area is 110 Å². The van der Waals surface area contributed by atoms with E-state index in [1.807, 2.05) is 30.3 Å². The highest BCUT2D eigenvalue weighted by molar-refractivity contribution is 5.99. The molecule has 0 radical (unpaired) electrons. The van der Waals surface area contributed by atoms with Gasteiger partial charge in [0.2, 0.25) is 11.8 Å². The fourth-order valence-corrected chi connectivity index (χ4v) is 1.93. The van der Waals surface area contributed by atoms with Crippen molar-refractivity contribution in [1.29, 1.82) is 0 Å². The molecule has 2 amide bonds. The van der Waals surface area contributed by atoms with Crippen LogP contribution in [0.5, 0.6) is 0 Å². The van der Waals surface area contributed by atoms with Gasteiger partial charge < -0.3 is 4.74 Å². The summed E-state index contributed by atoms with van der Waals surface area (Å²) in [7, 11) is 0. The lowest BCUT2D eigenvalue weighted by atomic mass is 9.95. The second-order valence-electron chi connectivity index (χ2n) is 4.50. The number of imide groups is 1. The van der Waals surface area contributed by atoms with Crippen LogP contribution in [0.2, 0.25) is 0 Å². The smallest absolute Gasteiger partial charge is 0.306 e. The molecule has 2 rings (SSSR count). The molecule has 5 heteroatoms. The van der Waals surface area contributed by atoms with Gasteiger partial charge in [0, 0.05) is 12.3 Å². The lowest BCUT2D eigenvalue weighted by molar-refractivity contribution is -0.150. The maximum absolute atomic E-state index is 11.6. The van der Waals surface area contributed by atoms with Gasteiger partial charge in [0.1, 0.15) is 6.61 Å². The number of carbonyl (C=O) groups excluding carboxylic acids is 3. The van der Waals surface area contributed by atoms with Gasteiger partial charge >= 0.3 is 5.97 Å². The van der Waals surface area contributed by atoms with Crippen LogP contribution < -0.4 is 5.32 Å². The fourth-order valence-electron chi connectivity index (χ4n) is 1.93. The van der Waals surface area contributed by atoms with Gasteiger partial charge in [-0.25, -0.2) is 0 Å². The van der Waals surface area contributed by atoms with Crippen LogP contribution in [0.25, 0.3) is 0 Å². The normalized spacial score (nSPS) is 18.8. The van der Waals surface area contributed by atoms with Crippen molar-refractivity contribution in [3.8, 4) is 0 Å². The van der Waals surface area contributed by atoms with Crippen LogP contribution in [-0.2, 0) is 25.7 Å². The molecule has 0 aliphatic carbocycles. The van der Waals surface area contributed by atoms with Crippen LogP contribution in [0.3, 0.4) is 0 Å². The van der Waals surface area contributed by atoms with E-state index in [2.05, 4.69) is 5.32 Å². The molecule has 0 spiro atoms. The van der Waals surface area contributed by atoms with Gasteiger partial charge in [0.25, 0.3) is 0 Å². The molecular weight excluding hydrogens is 246 g/mol. The summed E-state index contributed by atoms with van der Waals surface area (Å²) in [5, 5.41) is 2.22. The Bertz CT molecular complexity index is 483. The van der Waals surface area contributed by atoms with Crippen LogP contribution in [-0.4, -0.2) is 17.8 Å². The second-order valence-corrected chi connectivity index (χ2v) is 4.50. The summed E-state index contributed by atoms with van der Waals surface area (Å²) in [5.41, 5.74) is 0.902. The van der Waals surface area contributed by atoms with Crippen LogP contribution in [0.15, 0.2) is 30.3 Å². The second kappa shape index (κ2) is 6.13. The first-order valence-corrected chi connectivity index (χ1v) is 6.18. The zero-order chi connectivity index (χ0) is 13.7. The number of rotatable bonds is 4. The lowest BCUT2D eigenvalue weighted by Gasteiger charge is -2.19. The first-order chi connectivity index (χ1) is 9.15. The molecule has 1 aliphatic rings. The Morgan fingerprint density at radius 1 is 1.26 bits per heavy atom. The van der Waals surface area contributed by atoms with Gasteiger partial charge in [-0.3, -0.25) is 19.7 Å². The molecule has 1 aromatic rings. The van der Waals surface area contributed by atoms with Crippen LogP contribution >= 0.6 is 0 Å². The largest absolute Gasteiger partial charge is 0.461 e. The summed E-state index contributed by atoms with van der Waals surface area (Å²) in [6, 6.07) is 9.33. The van der Waals surface area contributed by atoms with Gasteiger partial charge in [-0.2, -0.15) is 0 Å². The van der Waals surface area contributed by atoms with Gasteiger partial charge in [-0.15, -0.1) is 0 Å². The highest BCUT2D eigenvalue weighted by atomic mass is 16.5. The molecule has 1 aromatic carbocycles. The number of nitrogens with one attached hydrogen (secondary N) is 1. The Balaban J connectivity index is 1.78. The molecule has 5 nitrogen and oxygen atoms in total. The third kappa shape index (κ3) is 3.91. The van der Waals surface area contributed by atoms with E-state index in [0.29, 0.717) is 6.42 Å². The number of esters is 1. The minimum atomic E-state index is -0.457. The number of carbonyl (C=O) groups is 3. The molecule has 1 atom stereocenters. The summed E-state index contributed by atoms with van der Waals surface area (Å²) in [6.07, 6.45) is 0.708. The maximum atomic E-state index is 11.6. The molecule has 19 heavy (non-hydrogen) atoms. The van der Waals surface area contributed by atoms with Crippen molar-refractivity contribution in [2.45, 2.75) is 25.9 Å². The number of hydrogen-bond donors (Lipinski definition) is 1. The summed E-state index contributed by atoms with van der Waals surface area (Å²) >= 11 is 0. The molecule has 1 aliphatic heterocycles. The van der Waals surface area contributed by atoms with Crippen LogP contribution in [0, 0.1) is 5.92 Å². The number of benzene rings is 1. The summed E-state index contributed by atoms with van der Waals surface area (Å²) in [4.78, 5) is 34.1. The van der Waals surface area contributed by atoms with E-state index in [-0.39, 0.29) is 31.3 Å². The van der Waals surface area contributed by atoms with E-state index < -0.39 is 11.9 Å². The van der Waals surface area contributed by atoms with Crippen molar-refractivity contribution in [2.75, 3.05) is 0 Å². The van der Waals surface area contributed by atoms with E-state index in [1.165, 1.54) is 0 Å². The summed E-state index contributed by atoms with van der Waals surface area (Å²) < 4.78 is 5.10. The Hall–Kier alpha value is -2.17. The number of hydrogen-bond acceptors (Lipinski definition) is 4. The topological polar surface area (TPSA) is 72.5 Å². The van der Waals surface area contributed by atoms with E-state index in [1.54, 1.807) is 0 Å². The van der Waals surface area contributed by atoms with Gasteiger partial charge in [0.15, 0.2) is 0 Å². The van der Waals surface area contributed by atoms with Crippen molar-refractivity contribution in [1.82, 2.24) is 5.32 Å². The maximum Gasteiger partial charge on any atom is 0.306 e. The zero-order valence-electron chi connectivity index (χ0n) is 10.4. The van der Waals surface area contributed by atoms with E-state index in [0.717, 1.165) is 5.56 Å². The van der Waals surface area contributed by atoms with E-state index >= 15 is 0 Å². The molecule has 1 unspecified atom stereocenters. The SMILES string of the molecule is O=C1CCC(CC(=O)OCc2ccccc2)C(=O)N1. The fraction of sp³-hybridized carbons (Fsp3) is 0.357. The first kappa shape index (κ1) is 13.3. The number of ether oxygens (including phenoxy) is 1. The Kier molecular flexibility index (Phi) is 4.28. The molecule has 0 saturated carbocycles. The molecule has 1 saturated heterocycles. The molecule has 0 bridgehead atoms. The third-order valence-electron chi connectivity index (χ3n) is 3.01. The van der Waals surface area contributed by atoms with Crippen molar-refractivity contribution in [3.63, 3.8) is 0 Å². The minimum Gasteiger partial charge on any atom is -0.461 e. The first-order valence-electron chi connectivity index (χ1n) is 6.18. The highest BCUT2D eigenvalue weighted by Crippen LogP contribution is 2.17. The molecule has 1 fully saturated rings. The van der Waals surface area contributed by atoms with Crippen LogP contribution in [0.4, 0.5) is 0 Å². The predicted octanol–water partition coefficient (Wildman–Crippen LogP) is 1.17. The molecule has 1 N–H and O–H groups in total. The van der Waals surface area contributed by atoms with E-state index in [4.69, 9.17) is 4.74 Å². The van der Waals surface area contributed by atoms with Crippen molar-refractivity contribution in [3.05, 3.63) is 35.9 Å². The summed E-state index contributed by atoms with van der Waals surface area (Å²) in [6.45, 7) is 0.201. The third-order valence-corrected chi connectivity index (χ3v) is 3.01. The quantitative estimate of drug-likeness (QED) is 0.652. The van der Waals surface area contributed by atoms with Crippen molar-refractivity contribution >= 4 is 17.8 Å². The Morgan fingerprint density at radius 2 is 2.00 bits per heavy atom. The average Bonchev–Trinajstić information content (AvgIpc) is 2.41. The van der Waals surface area contributed by atoms with Gasteiger partial charge in [-0.1, -0.05) is 30.3 Å². The monoisotopic (exact) mass is 261 g/mol. The number of amides is 2. The Morgan fingerprint density at radius 3 is 2.68 bits per heavy atom. The summed E-state index contributed by atoms with van der Waals surface area (Å²) in [5.74, 6) is -1.54. The average molecular weight is 261 g/mol. The highest BCUT2D eigenvalue weighted by Gasteiger charge is 2.28. The van der Waals surface area contributed by atoms with Gasteiger partial charge in [0.05, 0.1) is 6.42 Å². The van der Waals surface area contributed by atoms with Crippen molar-refractivity contribution in [2.24, 2.45) is 5.92 Å². The standard InChI is InChI=1S/C14H15NO4/c16-12-7-6-11(14(18)15-12)8-13(17)19-9-10-4-2-1-3-5-10/h1-5,11H,6-9H2,(H,15,16,18).